The number of nitrogens with one attached hydrogen (secondary N) is 1. The molecule has 0 amide bonds. The monoisotopic (exact) mass is 207 g/mol. The van der Waals surface area contributed by atoms with E-state index < -0.39 is 0 Å². The van der Waals surface area contributed by atoms with E-state index in [0.717, 1.165) is 17.9 Å². The van der Waals surface area contributed by atoms with E-state index >= 15 is 0 Å². The molecule has 2 rings (SSSR count). The van der Waals surface area contributed by atoms with Crippen LogP contribution in [0, 0.1) is 6.92 Å². The van der Waals surface area contributed by atoms with Crippen molar-refractivity contribution in [3.8, 4) is 0 Å². The van der Waals surface area contributed by atoms with Gasteiger partial charge in [-0.3, -0.25) is 4.68 Å². The molecule has 0 saturated carbocycles. The standard InChI is InChI=1S/C10H13N3S/c1-8-10(7-13(2)12-8)11-6-9-4-3-5-14-9/h3-5,7,11H,6H2,1-2H3. The molecule has 0 atom stereocenters. The summed E-state index contributed by atoms with van der Waals surface area (Å²) in [6.07, 6.45) is 2.00. The van der Waals surface area contributed by atoms with Crippen molar-refractivity contribution < 1.29 is 0 Å². The molecule has 0 aromatic carbocycles. The summed E-state index contributed by atoms with van der Waals surface area (Å²) in [4.78, 5) is 1.34. The van der Waals surface area contributed by atoms with Crippen LogP contribution in [-0.4, -0.2) is 9.78 Å². The second kappa shape index (κ2) is 3.84. The summed E-state index contributed by atoms with van der Waals surface area (Å²) in [5.41, 5.74) is 2.16. The lowest BCUT2D eigenvalue weighted by atomic mass is 10.4. The van der Waals surface area contributed by atoms with Crippen LogP contribution in [0.1, 0.15) is 10.6 Å². The number of hydrogen-bond donors (Lipinski definition) is 1. The first kappa shape index (κ1) is 9.27. The Morgan fingerprint density at radius 3 is 3.00 bits per heavy atom. The number of anilines is 1. The van der Waals surface area contributed by atoms with Crippen molar-refractivity contribution in [2.24, 2.45) is 7.05 Å². The smallest absolute Gasteiger partial charge is 0.0825 e. The van der Waals surface area contributed by atoms with Crippen LogP contribution in [0.2, 0.25) is 0 Å². The lowest BCUT2D eigenvalue weighted by molar-refractivity contribution is 0.756. The highest BCUT2D eigenvalue weighted by Gasteiger charge is 2.01. The van der Waals surface area contributed by atoms with Crippen LogP contribution in [0.4, 0.5) is 5.69 Å². The van der Waals surface area contributed by atoms with Crippen LogP contribution >= 0.6 is 11.3 Å². The molecule has 0 radical (unpaired) electrons. The summed E-state index contributed by atoms with van der Waals surface area (Å²) in [6.45, 7) is 2.89. The van der Waals surface area contributed by atoms with Crippen molar-refractivity contribution in [3.05, 3.63) is 34.3 Å². The fourth-order valence-electron chi connectivity index (χ4n) is 1.37. The lowest BCUT2D eigenvalue weighted by Gasteiger charge is -2.01. The topological polar surface area (TPSA) is 29.9 Å². The Morgan fingerprint density at radius 1 is 1.57 bits per heavy atom. The number of aromatic nitrogens is 2. The van der Waals surface area contributed by atoms with Crippen LogP contribution in [0.25, 0.3) is 0 Å². The van der Waals surface area contributed by atoms with E-state index in [2.05, 4.69) is 27.9 Å². The number of nitrogens with zero attached hydrogens (tertiary/aromatic N) is 2. The highest BCUT2D eigenvalue weighted by atomic mass is 32.1. The van der Waals surface area contributed by atoms with Crippen molar-refractivity contribution in [2.75, 3.05) is 5.32 Å². The highest BCUT2D eigenvalue weighted by Crippen LogP contribution is 2.15. The predicted octanol–water partition coefficient (Wildman–Crippen LogP) is 2.40. The summed E-state index contributed by atoms with van der Waals surface area (Å²) >= 11 is 1.77. The fourth-order valence-corrected chi connectivity index (χ4v) is 2.01. The minimum Gasteiger partial charge on any atom is -0.377 e. The van der Waals surface area contributed by atoms with Gasteiger partial charge < -0.3 is 5.32 Å². The van der Waals surface area contributed by atoms with Gasteiger partial charge in [-0.1, -0.05) is 6.07 Å². The third-order valence-electron chi connectivity index (χ3n) is 2.05. The van der Waals surface area contributed by atoms with Gasteiger partial charge in [-0.25, -0.2) is 0 Å². The van der Waals surface area contributed by atoms with Gasteiger partial charge in [-0.05, 0) is 18.4 Å². The number of hydrogen-bond acceptors (Lipinski definition) is 3. The van der Waals surface area contributed by atoms with E-state index in [9.17, 15) is 0 Å². The number of aryl methyl sites for hydroxylation is 2. The van der Waals surface area contributed by atoms with E-state index in [-0.39, 0.29) is 0 Å². The van der Waals surface area contributed by atoms with Crippen molar-refractivity contribution in [1.29, 1.82) is 0 Å². The second-order valence-electron chi connectivity index (χ2n) is 3.23. The zero-order chi connectivity index (χ0) is 9.97. The first-order chi connectivity index (χ1) is 6.75. The molecule has 0 fully saturated rings. The molecule has 0 spiro atoms. The quantitative estimate of drug-likeness (QED) is 0.837. The van der Waals surface area contributed by atoms with Gasteiger partial charge >= 0.3 is 0 Å². The molecule has 0 saturated heterocycles. The Hall–Kier alpha value is -1.29. The molecular formula is C10H13N3S. The van der Waals surface area contributed by atoms with E-state index in [1.165, 1.54) is 4.88 Å². The van der Waals surface area contributed by atoms with Gasteiger partial charge in [-0.15, -0.1) is 11.3 Å². The average molecular weight is 207 g/mol. The van der Waals surface area contributed by atoms with Crippen molar-refractivity contribution >= 4 is 17.0 Å². The Bertz CT molecular complexity index is 403. The highest BCUT2D eigenvalue weighted by molar-refractivity contribution is 7.09. The maximum Gasteiger partial charge on any atom is 0.0825 e. The maximum atomic E-state index is 4.27. The summed E-state index contributed by atoms with van der Waals surface area (Å²) in [6, 6.07) is 4.20. The summed E-state index contributed by atoms with van der Waals surface area (Å²) in [5.74, 6) is 0. The van der Waals surface area contributed by atoms with Crippen molar-refractivity contribution in [3.63, 3.8) is 0 Å². The Balaban J connectivity index is 2.01. The van der Waals surface area contributed by atoms with E-state index in [4.69, 9.17) is 0 Å². The fraction of sp³-hybridized carbons (Fsp3) is 0.300. The van der Waals surface area contributed by atoms with E-state index in [0.29, 0.717) is 0 Å². The molecule has 74 valence electrons. The van der Waals surface area contributed by atoms with Gasteiger partial charge in [-0.2, -0.15) is 5.10 Å². The molecule has 2 aromatic heterocycles. The van der Waals surface area contributed by atoms with Gasteiger partial charge in [0.1, 0.15) is 0 Å². The minimum absolute atomic E-state index is 0.879. The molecule has 1 N–H and O–H groups in total. The van der Waals surface area contributed by atoms with E-state index in [1.807, 2.05) is 24.9 Å². The van der Waals surface area contributed by atoms with E-state index in [1.54, 1.807) is 11.3 Å². The number of rotatable bonds is 3. The third-order valence-corrected chi connectivity index (χ3v) is 2.92. The van der Waals surface area contributed by atoms with Gasteiger partial charge in [0.2, 0.25) is 0 Å². The molecule has 0 aliphatic carbocycles. The largest absolute Gasteiger partial charge is 0.377 e. The first-order valence-corrected chi connectivity index (χ1v) is 5.40. The zero-order valence-corrected chi connectivity index (χ0v) is 9.14. The summed E-state index contributed by atoms with van der Waals surface area (Å²) < 4.78 is 1.83. The molecule has 2 aromatic rings. The zero-order valence-electron chi connectivity index (χ0n) is 8.32. The minimum atomic E-state index is 0.879. The molecule has 14 heavy (non-hydrogen) atoms. The Kier molecular flexibility index (Phi) is 2.54. The average Bonchev–Trinajstić information content (AvgIpc) is 2.72. The predicted molar refractivity (Wildman–Crippen MR) is 59.6 cm³/mol. The molecule has 0 aliphatic rings. The number of thiophene rings is 1. The third kappa shape index (κ3) is 1.96. The van der Waals surface area contributed by atoms with Crippen LogP contribution in [-0.2, 0) is 13.6 Å². The van der Waals surface area contributed by atoms with Gasteiger partial charge in [0.15, 0.2) is 0 Å². The molecular weight excluding hydrogens is 194 g/mol. The van der Waals surface area contributed by atoms with Crippen LogP contribution in [0.3, 0.4) is 0 Å². The second-order valence-corrected chi connectivity index (χ2v) is 4.27. The SMILES string of the molecule is Cc1nn(C)cc1NCc1cccs1. The molecule has 3 nitrogen and oxygen atoms in total. The summed E-state index contributed by atoms with van der Waals surface area (Å²) in [5, 5.41) is 9.72. The van der Waals surface area contributed by atoms with Gasteiger partial charge in [0, 0.05) is 24.7 Å². The molecule has 0 aliphatic heterocycles. The van der Waals surface area contributed by atoms with Crippen LogP contribution in [0.5, 0.6) is 0 Å². The van der Waals surface area contributed by atoms with Crippen LogP contribution < -0.4 is 5.32 Å². The van der Waals surface area contributed by atoms with Gasteiger partial charge in [0.25, 0.3) is 0 Å². The van der Waals surface area contributed by atoms with Crippen molar-refractivity contribution in [2.45, 2.75) is 13.5 Å². The first-order valence-electron chi connectivity index (χ1n) is 4.52. The lowest BCUT2D eigenvalue weighted by Crippen LogP contribution is -1.97. The Morgan fingerprint density at radius 2 is 2.43 bits per heavy atom. The molecule has 4 heteroatoms. The maximum absolute atomic E-state index is 4.27. The normalized spacial score (nSPS) is 10.4. The summed E-state index contributed by atoms with van der Waals surface area (Å²) in [7, 11) is 1.93. The van der Waals surface area contributed by atoms with Crippen LogP contribution in [0.15, 0.2) is 23.7 Å². The molecule has 0 bridgehead atoms. The Labute approximate surface area is 87.4 Å². The molecule has 2 heterocycles. The van der Waals surface area contributed by atoms with Gasteiger partial charge in [0.05, 0.1) is 11.4 Å². The molecule has 0 unspecified atom stereocenters. The van der Waals surface area contributed by atoms with Crippen molar-refractivity contribution in [1.82, 2.24) is 9.78 Å².